The molecular weight excluding hydrogens is 357 g/mol. The van der Waals surface area contributed by atoms with Crippen molar-refractivity contribution >= 4 is 16.1 Å². The van der Waals surface area contributed by atoms with Gasteiger partial charge in [0.15, 0.2) is 0 Å². The summed E-state index contributed by atoms with van der Waals surface area (Å²) in [6.07, 6.45) is 2.71. The Labute approximate surface area is 154 Å². The average Bonchev–Trinajstić information content (AvgIpc) is 3.14. The first-order chi connectivity index (χ1) is 12.4. The number of nitrogens with one attached hydrogen (secondary N) is 1. The first-order valence-corrected chi connectivity index (χ1v) is 10.7. The van der Waals surface area contributed by atoms with Crippen LogP contribution in [0, 0.1) is 17.7 Å². The molecule has 2 fully saturated rings. The van der Waals surface area contributed by atoms with E-state index in [1.54, 1.807) is 11.4 Å². The van der Waals surface area contributed by atoms with E-state index in [-0.39, 0.29) is 17.6 Å². The molecule has 144 valence electrons. The molecule has 0 aromatic heterocycles. The quantitative estimate of drug-likeness (QED) is 0.865. The van der Waals surface area contributed by atoms with E-state index >= 15 is 0 Å². The Morgan fingerprint density at radius 3 is 2.35 bits per heavy atom. The van der Waals surface area contributed by atoms with Crippen molar-refractivity contribution in [2.24, 2.45) is 11.8 Å². The van der Waals surface area contributed by atoms with Crippen LogP contribution in [0.2, 0.25) is 0 Å². The smallest absolute Gasteiger partial charge is 0.317 e. The predicted octanol–water partition coefficient (Wildman–Crippen LogP) is 2.03. The minimum absolute atomic E-state index is 0.0432. The number of likely N-dealkylation sites (tertiary alicyclic amines) is 1. The summed E-state index contributed by atoms with van der Waals surface area (Å²) in [5.74, 6) is 0.358. The van der Waals surface area contributed by atoms with Gasteiger partial charge in [0.1, 0.15) is 5.82 Å². The molecule has 1 unspecified atom stereocenters. The minimum Gasteiger partial charge on any atom is -0.341 e. The molecular formula is C18H26FN3O3S. The lowest BCUT2D eigenvalue weighted by Crippen LogP contribution is -2.44. The second-order valence-corrected chi connectivity index (χ2v) is 9.14. The fourth-order valence-corrected chi connectivity index (χ4v) is 5.60. The Morgan fingerprint density at radius 2 is 1.73 bits per heavy atom. The van der Waals surface area contributed by atoms with E-state index in [1.807, 2.05) is 4.90 Å². The van der Waals surface area contributed by atoms with E-state index in [1.165, 1.54) is 24.3 Å². The molecule has 1 aromatic carbocycles. The summed E-state index contributed by atoms with van der Waals surface area (Å²) in [4.78, 5) is 13.5. The van der Waals surface area contributed by atoms with E-state index in [0.29, 0.717) is 30.5 Å². The van der Waals surface area contributed by atoms with Gasteiger partial charge in [0.2, 0.25) is 10.0 Å². The van der Waals surface area contributed by atoms with Crippen molar-refractivity contribution in [2.75, 3.05) is 33.2 Å². The van der Waals surface area contributed by atoms with Crippen LogP contribution < -0.4 is 5.32 Å². The summed E-state index contributed by atoms with van der Waals surface area (Å²) in [6.45, 7) is 2.55. The summed E-state index contributed by atoms with van der Waals surface area (Å²) in [7, 11) is -1.76. The van der Waals surface area contributed by atoms with Crippen LogP contribution >= 0.6 is 0 Å². The largest absolute Gasteiger partial charge is 0.341 e. The fraction of sp³-hybridized carbons (Fsp3) is 0.611. The zero-order chi connectivity index (χ0) is 18.7. The summed E-state index contributed by atoms with van der Waals surface area (Å²) in [5.41, 5.74) is 0.605. The summed E-state index contributed by atoms with van der Waals surface area (Å²) >= 11 is 0. The van der Waals surface area contributed by atoms with Gasteiger partial charge in [0.05, 0.1) is 5.75 Å². The SMILES string of the molecule is CNC(=O)N1CCC(C2CCN(S(=O)(=O)Cc3ccc(F)cc3)C2)CC1. The normalized spacial score (nSPS) is 22.5. The van der Waals surface area contributed by atoms with Crippen LogP contribution in [0.25, 0.3) is 0 Å². The van der Waals surface area contributed by atoms with Crippen LogP contribution in [0.3, 0.4) is 0 Å². The standard InChI is InChI=1S/C18H26FN3O3S/c1-20-18(23)21-9-6-15(7-10-21)16-8-11-22(12-16)26(24,25)13-14-2-4-17(19)5-3-14/h2-5,15-16H,6-13H2,1H3,(H,20,23). The number of halogens is 1. The molecule has 1 atom stereocenters. The Hall–Kier alpha value is -1.67. The zero-order valence-electron chi connectivity index (χ0n) is 15.0. The van der Waals surface area contributed by atoms with Gasteiger partial charge in [0.25, 0.3) is 0 Å². The van der Waals surface area contributed by atoms with Gasteiger partial charge in [-0.2, -0.15) is 0 Å². The molecule has 2 amide bonds. The van der Waals surface area contributed by atoms with E-state index in [9.17, 15) is 17.6 Å². The summed E-state index contributed by atoms with van der Waals surface area (Å²) < 4.78 is 39.9. The molecule has 2 aliphatic rings. The van der Waals surface area contributed by atoms with Gasteiger partial charge in [-0.1, -0.05) is 12.1 Å². The van der Waals surface area contributed by atoms with E-state index < -0.39 is 10.0 Å². The van der Waals surface area contributed by atoms with Crippen LogP contribution in [0.1, 0.15) is 24.8 Å². The number of hydrogen-bond acceptors (Lipinski definition) is 3. The molecule has 2 heterocycles. The van der Waals surface area contributed by atoms with E-state index in [0.717, 1.165) is 32.4 Å². The first kappa shape index (κ1) is 19.1. The van der Waals surface area contributed by atoms with Gasteiger partial charge in [-0.05, 0) is 48.8 Å². The van der Waals surface area contributed by atoms with Gasteiger partial charge in [-0.15, -0.1) is 0 Å². The summed E-state index contributed by atoms with van der Waals surface area (Å²) in [6, 6.07) is 5.58. The molecule has 1 N–H and O–H groups in total. The van der Waals surface area contributed by atoms with Crippen molar-refractivity contribution < 1.29 is 17.6 Å². The highest BCUT2D eigenvalue weighted by molar-refractivity contribution is 7.88. The number of sulfonamides is 1. The van der Waals surface area contributed by atoms with Gasteiger partial charge < -0.3 is 10.2 Å². The fourth-order valence-electron chi connectivity index (χ4n) is 4.01. The molecule has 6 nitrogen and oxygen atoms in total. The first-order valence-electron chi connectivity index (χ1n) is 9.08. The monoisotopic (exact) mass is 383 g/mol. The lowest BCUT2D eigenvalue weighted by Gasteiger charge is -2.34. The average molecular weight is 383 g/mol. The number of carbonyl (C=O) groups excluding carboxylic acids is 1. The number of urea groups is 1. The molecule has 0 aliphatic carbocycles. The predicted molar refractivity (Wildman–Crippen MR) is 97.5 cm³/mol. The van der Waals surface area contributed by atoms with Crippen molar-refractivity contribution in [1.82, 2.24) is 14.5 Å². The number of carbonyl (C=O) groups is 1. The van der Waals surface area contributed by atoms with Crippen molar-refractivity contribution in [2.45, 2.75) is 25.0 Å². The number of benzene rings is 1. The zero-order valence-corrected chi connectivity index (χ0v) is 15.8. The minimum atomic E-state index is -3.39. The lowest BCUT2D eigenvalue weighted by atomic mass is 9.84. The Morgan fingerprint density at radius 1 is 1.12 bits per heavy atom. The molecule has 8 heteroatoms. The third-order valence-electron chi connectivity index (χ3n) is 5.55. The summed E-state index contributed by atoms with van der Waals surface area (Å²) in [5, 5.41) is 2.65. The molecule has 26 heavy (non-hydrogen) atoms. The molecule has 0 bridgehead atoms. The maximum atomic E-state index is 13.0. The third-order valence-corrected chi connectivity index (χ3v) is 7.37. The number of amides is 2. The van der Waals surface area contributed by atoms with Crippen molar-refractivity contribution in [1.29, 1.82) is 0 Å². The van der Waals surface area contributed by atoms with Crippen molar-refractivity contribution in [3.63, 3.8) is 0 Å². The highest BCUT2D eigenvalue weighted by Gasteiger charge is 2.37. The Balaban J connectivity index is 1.55. The second kappa shape index (κ2) is 7.92. The topological polar surface area (TPSA) is 69.7 Å². The highest BCUT2D eigenvalue weighted by atomic mass is 32.2. The molecule has 2 saturated heterocycles. The molecule has 1 aromatic rings. The van der Waals surface area contributed by atoms with Crippen LogP contribution in [0.15, 0.2) is 24.3 Å². The van der Waals surface area contributed by atoms with Crippen LogP contribution in [-0.4, -0.2) is 56.9 Å². The molecule has 0 spiro atoms. The number of rotatable bonds is 4. The van der Waals surface area contributed by atoms with E-state index in [4.69, 9.17) is 0 Å². The van der Waals surface area contributed by atoms with Crippen molar-refractivity contribution in [3.8, 4) is 0 Å². The number of nitrogens with zero attached hydrogens (tertiary/aromatic N) is 2. The third kappa shape index (κ3) is 4.35. The van der Waals surface area contributed by atoms with Gasteiger partial charge >= 0.3 is 6.03 Å². The van der Waals surface area contributed by atoms with Crippen LogP contribution in [-0.2, 0) is 15.8 Å². The van der Waals surface area contributed by atoms with Crippen LogP contribution in [0.4, 0.5) is 9.18 Å². The number of hydrogen-bond donors (Lipinski definition) is 1. The van der Waals surface area contributed by atoms with Crippen molar-refractivity contribution in [3.05, 3.63) is 35.6 Å². The van der Waals surface area contributed by atoms with Gasteiger partial charge in [-0.3, -0.25) is 0 Å². The molecule has 2 aliphatic heterocycles. The maximum absolute atomic E-state index is 13.0. The Bertz CT molecular complexity index is 731. The molecule has 0 radical (unpaired) electrons. The van der Waals surface area contributed by atoms with E-state index in [2.05, 4.69) is 5.32 Å². The second-order valence-electron chi connectivity index (χ2n) is 7.17. The van der Waals surface area contributed by atoms with Crippen LogP contribution in [0.5, 0.6) is 0 Å². The lowest BCUT2D eigenvalue weighted by molar-refractivity contribution is 0.153. The molecule has 0 saturated carbocycles. The van der Waals surface area contributed by atoms with Gasteiger partial charge in [0, 0.05) is 33.2 Å². The Kier molecular flexibility index (Phi) is 5.82. The number of piperidine rings is 1. The maximum Gasteiger partial charge on any atom is 0.317 e. The molecule has 3 rings (SSSR count). The highest BCUT2D eigenvalue weighted by Crippen LogP contribution is 2.33. The van der Waals surface area contributed by atoms with Gasteiger partial charge in [-0.25, -0.2) is 21.9 Å².